The molecule has 1 aromatic rings. The minimum atomic E-state index is 0.840. The molecule has 0 aromatic carbocycles. The van der Waals surface area contributed by atoms with Gasteiger partial charge in [-0.1, -0.05) is 0 Å². The van der Waals surface area contributed by atoms with Crippen LogP contribution >= 0.6 is 39.0 Å². The van der Waals surface area contributed by atoms with Crippen molar-refractivity contribution >= 4 is 39.0 Å². The number of halogens is 1. The quantitative estimate of drug-likeness (QED) is 0.686. The van der Waals surface area contributed by atoms with Crippen LogP contribution < -0.4 is 4.74 Å². The molecule has 1 aliphatic heterocycles. The third kappa shape index (κ3) is 1.08. The van der Waals surface area contributed by atoms with Crippen LogP contribution in [0.3, 0.4) is 0 Å². The number of ether oxygens (including phenoxy) is 1. The van der Waals surface area contributed by atoms with E-state index >= 15 is 0 Å². The van der Waals surface area contributed by atoms with Crippen LogP contribution in [0.25, 0.3) is 0 Å². The standard InChI is InChI=1S/C6H5BrOS2/c7-6-5-4(3-10-6)9-2-1-8-5/h3H,1-2H2. The average molecular weight is 237 g/mol. The van der Waals surface area contributed by atoms with Crippen LogP contribution in [0.15, 0.2) is 14.1 Å². The van der Waals surface area contributed by atoms with Gasteiger partial charge in [0.15, 0.2) is 5.75 Å². The van der Waals surface area contributed by atoms with Gasteiger partial charge in [-0.2, -0.15) is 0 Å². The van der Waals surface area contributed by atoms with E-state index in [1.165, 1.54) is 4.90 Å². The highest BCUT2D eigenvalue weighted by Gasteiger charge is 2.15. The van der Waals surface area contributed by atoms with Gasteiger partial charge in [-0.15, -0.1) is 23.1 Å². The highest BCUT2D eigenvalue weighted by Crippen LogP contribution is 2.43. The molecule has 4 heteroatoms. The van der Waals surface area contributed by atoms with Gasteiger partial charge in [0.25, 0.3) is 0 Å². The molecule has 1 aliphatic rings. The molecule has 54 valence electrons. The minimum absolute atomic E-state index is 0.840. The van der Waals surface area contributed by atoms with E-state index in [0.29, 0.717) is 0 Å². The summed E-state index contributed by atoms with van der Waals surface area (Å²) in [5.74, 6) is 2.12. The molecule has 2 heterocycles. The monoisotopic (exact) mass is 236 g/mol. The summed E-state index contributed by atoms with van der Waals surface area (Å²) >= 11 is 6.99. The van der Waals surface area contributed by atoms with Crippen molar-refractivity contribution in [3.63, 3.8) is 0 Å². The van der Waals surface area contributed by atoms with Gasteiger partial charge in [0.1, 0.15) is 3.79 Å². The molecule has 0 atom stereocenters. The lowest BCUT2D eigenvalue weighted by Gasteiger charge is -2.12. The summed E-state index contributed by atoms with van der Waals surface area (Å²) in [4.78, 5) is 1.28. The second-order valence-corrected chi connectivity index (χ2v) is 5.23. The van der Waals surface area contributed by atoms with Gasteiger partial charge in [-0.3, -0.25) is 0 Å². The fraction of sp³-hybridized carbons (Fsp3) is 0.333. The zero-order valence-electron chi connectivity index (χ0n) is 5.09. The molecule has 1 nitrogen and oxygen atoms in total. The molecule has 0 fully saturated rings. The number of hydrogen-bond donors (Lipinski definition) is 0. The van der Waals surface area contributed by atoms with E-state index in [4.69, 9.17) is 4.74 Å². The van der Waals surface area contributed by atoms with Crippen molar-refractivity contribution in [2.24, 2.45) is 0 Å². The molecule has 0 aliphatic carbocycles. The average Bonchev–Trinajstić information content (AvgIpc) is 2.34. The van der Waals surface area contributed by atoms with Crippen molar-refractivity contribution in [2.75, 3.05) is 12.4 Å². The molecule has 10 heavy (non-hydrogen) atoms. The zero-order chi connectivity index (χ0) is 6.97. The van der Waals surface area contributed by atoms with Gasteiger partial charge in [0.2, 0.25) is 0 Å². The summed E-state index contributed by atoms with van der Waals surface area (Å²) in [6, 6.07) is 0. The summed E-state index contributed by atoms with van der Waals surface area (Å²) in [5.41, 5.74) is 0. The van der Waals surface area contributed by atoms with Gasteiger partial charge in [-0.25, -0.2) is 0 Å². The SMILES string of the molecule is Brc1scc2c1OCCS2. The van der Waals surface area contributed by atoms with Gasteiger partial charge < -0.3 is 4.74 Å². The van der Waals surface area contributed by atoms with Crippen molar-refractivity contribution in [2.45, 2.75) is 4.90 Å². The van der Waals surface area contributed by atoms with Gasteiger partial charge in [0.05, 0.1) is 11.5 Å². The van der Waals surface area contributed by atoms with E-state index < -0.39 is 0 Å². The van der Waals surface area contributed by atoms with Gasteiger partial charge in [-0.05, 0) is 15.9 Å². The zero-order valence-corrected chi connectivity index (χ0v) is 8.31. The third-order valence-electron chi connectivity index (χ3n) is 1.26. The van der Waals surface area contributed by atoms with Crippen LogP contribution in [0.2, 0.25) is 0 Å². The molecule has 0 radical (unpaired) electrons. The van der Waals surface area contributed by atoms with Crippen molar-refractivity contribution < 1.29 is 4.74 Å². The smallest absolute Gasteiger partial charge is 0.157 e. The van der Waals surface area contributed by atoms with Crippen LogP contribution in [0, 0.1) is 0 Å². The Bertz CT molecular complexity index is 246. The number of hydrogen-bond acceptors (Lipinski definition) is 3. The number of thioether (sulfide) groups is 1. The van der Waals surface area contributed by atoms with Gasteiger partial charge in [0, 0.05) is 11.1 Å². The Morgan fingerprint density at radius 3 is 3.30 bits per heavy atom. The van der Waals surface area contributed by atoms with Crippen LogP contribution in [0.5, 0.6) is 5.75 Å². The van der Waals surface area contributed by atoms with Crippen molar-refractivity contribution in [3.05, 3.63) is 9.17 Å². The molecule has 0 bridgehead atoms. The Morgan fingerprint density at radius 1 is 1.60 bits per heavy atom. The molecule has 2 rings (SSSR count). The first-order valence-electron chi connectivity index (χ1n) is 2.90. The lowest BCUT2D eigenvalue weighted by atomic mass is 10.6. The molecular weight excluding hydrogens is 232 g/mol. The Labute approximate surface area is 75.9 Å². The highest BCUT2D eigenvalue weighted by molar-refractivity contribution is 9.11. The first kappa shape index (κ1) is 7.00. The third-order valence-corrected chi connectivity index (χ3v) is 4.06. The second kappa shape index (κ2) is 2.75. The van der Waals surface area contributed by atoms with Crippen LogP contribution in [-0.2, 0) is 0 Å². The Hall–Kier alpha value is 0.330. The Balaban J connectivity index is 2.45. The number of fused-ring (bicyclic) bond motifs is 1. The summed E-state index contributed by atoms with van der Waals surface area (Å²) < 4.78 is 6.56. The molecular formula is C6H5BrOS2. The highest BCUT2D eigenvalue weighted by atomic mass is 79.9. The normalized spacial score (nSPS) is 16.1. The molecule has 0 amide bonds. The molecule has 0 saturated heterocycles. The number of rotatable bonds is 0. The van der Waals surface area contributed by atoms with Crippen LogP contribution in [0.4, 0.5) is 0 Å². The second-order valence-electron chi connectivity index (χ2n) is 1.90. The van der Waals surface area contributed by atoms with Crippen LogP contribution in [0.1, 0.15) is 0 Å². The Morgan fingerprint density at radius 2 is 2.50 bits per heavy atom. The van der Waals surface area contributed by atoms with Gasteiger partial charge >= 0.3 is 0 Å². The van der Waals surface area contributed by atoms with Crippen molar-refractivity contribution in [1.29, 1.82) is 0 Å². The summed E-state index contributed by atoms with van der Waals surface area (Å²) in [7, 11) is 0. The summed E-state index contributed by atoms with van der Waals surface area (Å²) in [5, 5.41) is 2.13. The van der Waals surface area contributed by atoms with E-state index in [0.717, 1.165) is 21.9 Å². The largest absolute Gasteiger partial charge is 0.489 e. The maximum Gasteiger partial charge on any atom is 0.157 e. The summed E-state index contributed by atoms with van der Waals surface area (Å²) in [6.07, 6.45) is 0. The van der Waals surface area contributed by atoms with E-state index in [2.05, 4.69) is 21.3 Å². The lowest BCUT2D eigenvalue weighted by Crippen LogP contribution is -2.04. The number of thiophene rings is 1. The first-order valence-corrected chi connectivity index (χ1v) is 5.56. The predicted octanol–water partition coefficient (Wildman–Crippen LogP) is 3.00. The predicted molar refractivity (Wildman–Crippen MR) is 48.2 cm³/mol. The summed E-state index contributed by atoms with van der Waals surface area (Å²) in [6.45, 7) is 0.840. The molecule has 1 aromatic heterocycles. The van der Waals surface area contributed by atoms with E-state index in [-0.39, 0.29) is 0 Å². The maximum absolute atomic E-state index is 5.44. The topological polar surface area (TPSA) is 9.23 Å². The first-order chi connectivity index (χ1) is 4.88. The lowest BCUT2D eigenvalue weighted by molar-refractivity contribution is 0.330. The molecule has 0 unspecified atom stereocenters. The van der Waals surface area contributed by atoms with E-state index in [9.17, 15) is 0 Å². The van der Waals surface area contributed by atoms with Crippen LogP contribution in [-0.4, -0.2) is 12.4 Å². The van der Waals surface area contributed by atoms with Crippen molar-refractivity contribution in [3.8, 4) is 5.75 Å². The fourth-order valence-electron chi connectivity index (χ4n) is 0.832. The van der Waals surface area contributed by atoms with Crippen molar-refractivity contribution in [1.82, 2.24) is 0 Å². The Kier molecular flexibility index (Phi) is 1.93. The maximum atomic E-state index is 5.44. The molecule has 0 saturated carbocycles. The van der Waals surface area contributed by atoms with E-state index in [1.54, 1.807) is 11.3 Å². The molecule has 0 spiro atoms. The minimum Gasteiger partial charge on any atom is -0.489 e. The fourth-order valence-corrected chi connectivity index (χ4v) is 3.32. The van der Waals surface area contributed by atoms with E-state index in [1.807, 2.05) is 11.8 Å². The molecule has 0 N–H and O–H groups in total.